The number of aliphatic carboxylic acids is 2. The van der Waals surface area contributed by atoms with Crippen molar-refractivity contribution in [1.29, 1.82) is 0 Å². The highest BCUT2D eigenvalue weighted by Gasteiger charge is 2.36. The maximum absolute atomic E-state index is 12.7. The van der Waals surface area contributed by atoms with E-state index in [1.54, 1.807) is 14.0 Å². The molecule has 1 heterocycles. The summed E-state index contributed by atoms with van der Waals surface area (Å²) in [5.41, 5.74) is -0.936. The van der Waals surface area contributed by atoms with E-state index in [2.05, 4.69) is 0 Å². The van der Waals surface area contributed by atoms with Gasteiger partial charge in [-0.25, -0.2) is 9.59 Å². The fourth-order valence-corrected chi connectivity index (χ4v) is 2.86. The van der Waals surface area contributed by atoms with Crippen LogP contribution in [0.4, 0.5) is 13.2 Å². The minimum absolute atomic E-state index is 0.0724. The van der Waals surface area contributed by atoms with Crippen molar-refractivity contribution < 1.29 is 33.0 Å². The summed E-state index contributed by atoms with van der Waals surface area (Å²) in [6.07, 6.45) is -4.54. The van der Waals surface area contributed by atoms with E-state index in [4.69, 9.17) is 0 Å². The van der Waals surface area contributed by atoms with Gasteiger partial charge in [-0.05, 0) is 31.5 Å². The van der Waals surface area contributed by atoms with E-state index < -0.39 is 29.7 Å². The van der Waals surface area contributed by atoms with Gasteiger partial charge in [0.05, 0.1) is 22.8 Å². The van der Waals surface area contributed by atoms with E-state index in [0.29, 0.717) is 5.70 Å². The van der Waals surface area contributed by atoms with Crippen LogP contribution < -0.4 is 0 Å². The highest BCUT2D eigenvalue weighted by molar-refractivity contribution is 6.13. The number of carbonyl (C=O) groups is 2. The highest BCUT2D eigenvalue weighted by atomic mass is 19.4. The molecule has 1 aliphatic heterocycles. The van der Waals surface area contributed by atoms with Crippen molar-refractivity contribution in [2.75, 3.05) is 7.05 Å². The number of carboxylic acid groups (broad SMARTS) is 2. The summed E-state index contributed by atoms with van der Waals surface area (Å²) < 4.78 is 38.2. The molecule has 0 saturated heterocycles. The van der Waals surface area contributed by atoms with Gasteiger partial charge in [-0.15, -0.1) is 0 Å². The Morgan fingerprint density at radius 1 is 1.08 bits per heavy atom. The van der Waals surface area contributed by atoms with Crippen molar-refractivity contribution in [3.05, 3.63) is 52.2 Å². The van der Waals surface area contributed by atoms with Crippen LogP contribution >= 0.6 is 0 Å². The topological polar surface area (TPSA) is 77.8 Å². The molecule has 1 aromatic rings. The normalized spacial score (nSPS) is 18.6. The molecule has 5 nitrogen and oxygen atoms in total. The summed E-state index contributed by atoms with van der Waals surface area (Å²) in [5, 5.41) is 19.1. The van der Waals surface area contributed by atoms with E-state index in [0.717, 1.165) is 24.3 Å². The van der Waals surface area contributed by atoms with E-state index in [1.165, 1.54) is 11.8 Å². The Bertz CT molecular complexity index is 791. The minimum atomic E-state index is -4.54. The monoisotopic (exact) mass is 355 g/mol. The number of hydrogen-bond donors (Lipinski definition) is 2. The molecule has 0 bridgehead atoms. The standard InChI is InChI=1S/C17H16F3NO4/c1-8-12(15(22)23)14(13(16(24)25)9(2)21(8)3)10-4-6-11(7-5-10)17(18,19)20/h4-8H,1-3H3,(H,22,23)(H,24,25). The average molecular weight is 355 g/mol. The number of hydrogen-bond acceptors (Lipinski definition) is 3. The van der Waals surface area contributed by atoms with Crippen molar-refractivity contribution in [2.45, 2.75) is 26.1 Å². The van der Waals surface area contributed by atoms with E-state index in [1.807, 2.05) is 0 Å². The third-order valence-corrected chi connectivity index (χ3v) is 4.35. The van der Waals surface area contributed by atoms with Crippen LogP contribution in [0.3, 0.4) is 0 Å². The Hall–Kier alpha value is -2.77. The second-order valence-electron chi connectivity index (χ2n) is 5.72. The zero-order chi connectivity index (χ0) is 19.1. The fraction of sp³-hybridized carbons (Fsp3) is 0.294. The van der Waals surface area contributed by atoms with Crippen LogP contribution in [0, 0.1) is 0 Å². The number of halogens is 3. The van der Waals surface area contributed by atoms with E-state index in [9.17, 15) is 33.0 Å². The molecule has 0 aliphatic carbocycles. The van der Waals surface area contributed by atoms with Crippen LogP contribution in [0.1, 0.15) is 25.0 Å². The third kappa shape index (κ3) is 3.24. The van der Waals surface area contributed by atoms with Crippen molar-refractivity contribution in [1.82, 2.24) is 4.90 Å². The predicted octanol–water partition coefficient (Wildman–Crippen LogP) is 3.24. The molecule has 25 heavy (non-hydrogen) atoms. The molecule has 2 N–H and O–H groups in total. The van der Waals surface area contributed by atoms with Gasteiger partial charge in [0.15, 0.2) is 0 Å². The molecule has 1 aromatic carbocycles. The molecule has 0 spiro atoms. The first-order valence-electron chi connectivity index (χ1n) is 7.29. The summed E-state index contributed by atoms with van der Waals surface area (Å²) in [6, 6.07) is 3.15. The summed E-state index contributed by atoms with van der Waals surface area (Å²) in [5.74, 6) is -2.66. The molecule has 0 aromatic heterocycles. The van der Waals surface area contributed by atoms with Crippen molar-refractivity contribution >= 4 is 17.5 Å². The van der Waals surface area contributed by atoms with Gasteiger partial charge in [-0.2, -0.15) is 13.2 Å². The van der Waals surface area contributed by atoms with Crippen molar-refractivity contribution in [3.8, 4) is 0 Å². The van der Waals surface area contributed by atoms with Gasteiger partial charge in [-0.3, -0.25) is 0 Å². The molecule has 1 aliphatic rings. The lowest BCUT2D eigenvalue weighted by Gasteiger charge is -2.35. The van der Waals surface area contributed by atoms with Gasteiger partial charge in [-0.1, -0.05) is 12.1 Å². The van der Waals surface area contributed by atoms with Crippen LogP contribution in [0.25, 0.3) is 5.57 Å². The first-order chi connectivity index (χ1) is 11.5. The number of allylic oxidation sites excluding steroid dienone is 1. The van der Waals surface area contributed by atoms with Gasteiger partial charge in [0.25, 0.3) is 0 Å². The maximum Gasteiger partial charge on any atom is 0.416 e. The quantitative estimate of drug-likeness (QED) is 0.870. The Kier molecular flexibility index (Phi) is 4.66. The SMILES string of the molecule is CC1=C(C(=O)O)C(c2ccc(C(F)(F)F)cc2)=C(C(=O)O)C(C)N1C. The van der Waals surface area contributed by atoms with Crippen molar-refractivity contribution in [3.63, 3.8) is 0 Å². The Morgan fingerprint density at radius 2 is 1.60 bits per heavy atom. The van der Waals surface area contributed by atoms with Gasteiger partial charge in [0, 0.05) is 18.3 Å². The minimum Gasteiger partial charge on any atom is -0.478 e. The largest absolute Gasteiger partial charge is 0.478 e. The molecule has 2 rings (SSSR count). The van der Waals surface area contributed by atoms with Crippen molar-refractivity contribution in [2.24, 2.45) is 0 Å². The molecule has 1 unspecified atom stereocenters. The van der Waals surface area contributed by atoms with Gasteiger partial charge in [0.2, 0.25) is 0 Å². The van der Waals surface area contributed by atoms with Crippen LogP contribution in [-0.2, 0) is 15.8 Å². The van der Waals surface area contributed by atoms with Crippen LogP contribution in [0.2, 0.25) is 0 Å². The number of benzene rings is 1. The molecule has 134 valence electrons. The zero-order valence-electron chi connectivity index (χ0n) is 13.7. The summed E-state index contributed by atoms with van der Waals surface area (Å²) in [6.45, 7) is 3.12. The van der Waals surface area contributed by atoms with Crippen LogP contribution in [0.5, 0.6) is 0 Å². The number of alkyl halides is 3. The second-order valence-corrected chi connectivity index (χ2v) is 5.72. The summed E-state index contributed by atoms with van der Waals surface area (Å²) in [7, 11) is 1.56. The predicted molar refractivity (Wildman–Crippen MR) is 83.6 cm³/mol. The first kappa shape index (κ1) is 18.6. The van der Waals surface area contributed by atoms with E-state index >= 15 is 0 Å². The second kappa shape index (κ2) is 6.27. The highest BCUT2D eigenvalue weighted by Crippen LogP contribution is 2.38. The lowest BCUT2D eigenvalue weighted by molar-refractivity contribution is -0.138. The van der Waals surface area contributed by atoms with Gasteiger partial charge >= 0.3 is 18.1 Å². The third-order valence-electron chi connectivity index (χ3n) is 4.35. The number of rotatable bonds is 3. The van der Waals surface area contributed by atoms with E-state index in [-0.39, 0.29) is 22.3 Å². The maximum atomic E-state index is 12.7. The molecule has 1 atom stereocenters. The lowest BCUT2D eigenvalue weighted by Crippen LogP contribution is -2.38. The molecule has 0 amide bonds. The average Bonchev–Trinajstić information content (AvgIpc) is 2.50. The smallest absolute Gasteiger partial charge is 0.416 e. The molecule has 0 radical (unpaired) electrons. The van der Waals surface area contributed by atoms with Gasteiger partial charge < -0.3 is 15.1 Å². The molecular weight excluding hydrogens is 339 g/mol. The van der Waals surface area contributed by atoms with Crippen LogP contribution in [0.15, 0.2) is 41.1 Å². The molecule has 8 heteroatoms. The fourth-order valence-electron chi connectivity index (χ4n) is 2.86. The zero-order valence-corrected chi connectivity index (χ0v) is 13.7. The molecule has 0 fully saturated rings. The Morgan fingerprint density at radius 3 is 2.00 bits per heavy atom. The summed E-state index contributed by atoms with van der Waals surface area (Å²) in [4.78, 5) is 24.9. The number of likely N-dealkylation sites (N-methyl/N-ethyl adjacent to an activating group) is 1. The Balaban J connectivity index is 2.75. The lowest BCUT2D eigenvalue weighted by atomic mass is 9.84. The summed E-state index contributed by atoms with van der Waals surface area (Å²) >= 11 is 0. The molecular formula is C17H16F3NO4. The van der Waals surface area contributed by atoms with Crippen LogP contribution in [-0.4, -0.2) is 40.1 Å². The van der Waals surface area contributed by atoms with Gasteiger partial charge in [0.1, 0.15) is 0 Å². The Labute approximate surface area is 141 Å². The number of nitrogens with zero attached hydrogens (tertiary/aromatic N) is 1. The molecule has 0 saturated carbocycles. The first-order valence-corrected chi connectivity index (χ1v) is 7.29. The number of carboxylic acids is 2.